The normalized spacial score (nSPS) is 16.4. The van der Waals surface area contributed by atoms with Gasteiger partial charge < -0.3 is 10.4 Å². The SMILES string of the molecule is O=C(O)C1(CNc2nnc3ccccc3n2)CC1. The Morgan fingerprint density at radius 3 is 2.67 bits per heavy atom. The van der Waals surface area contributed by atoms with Gasteiger partial charge in [-0.15, -0.1) is 10.2 Å². The first-order valence-corrected chi connectivity index (χ1v) is 5.76. The second-order valence-corrected chi connectivity index (χ2v) is 4.56. The summed E-state index contributed by atoms with van der Waals surface area (Å²) in [5, 5.41) is 20.0. The predicted molar refractivity (Wildman–Crippen MR) is 65.1 cm³/mol. The molecule has 1 fully saturated rings. The van der Waals surface area contributed by atoms with Crippen LogP contribution in [0.2, 0.25) is 0 Å². The molecule has 18 heavy (non-hydrogen) atoms. The maximum atomic E-state index is 11.0. The highest BCUT2D eigenvalue weighted by Gasteiger charge is 2.50. The first-order valence-electron chi connectivity index (χ1n) is 5.76. The highest BCUT2D eigenvalue weighted by atomic mass is 16.4. The second kappa shape index (κ2) is 3.90. The number of benzene rings is 1. The standard InChI is InChI=1S/C12H12N4O2/c17-10(18)12(5-6-12)7-13-11-14-8-3-1-2-4-9(8)15-16-11/h1-4H,5-7H2,(H,17,18)(H,13,14,16). The van der Waals surface area contributed by atoms with Crippen molar-refractivity contribution in [2.45, 2.75) is 12.8 Å². The zero-order chi connectivity index (χ0) is 12.6. The van der Waals surface area contributed by atoms with E-state index in [1.54, 1.807) is 0 Å². The molecule has 2 N–H and O–H groups in total. The van der Waals surface area contributed by atoms with Crippen LogP contribution in [0.3, 0.4) is 0 Å². The number of nitrogens with one attached hydrogen (secondary N) is 1. The third-order valence-corrected chi connectivity index (χ3v) is 3.25. The Kier molecular flexibility index (Phi) is 2.36. The molecule has 1 saturated carbocycles. The highest BCUT2D eigenvalue weighted by Crippen LogP contribution is 2.45. The van der Waals surface area contributed by atoms with Crippen LogP contribution in [0.25, 0.3) is 11.0 Å². The Labute approximate surface area is 103 Å². The van der Waals surface area contributed by atoms with Crippen molar-refractivity contribution < 1.29 is 9.90 Å². The van der Waals surface area contributed by atoms with Crippen LogP contribution in [0, 0.1) is 5.41 Å². The lowest BCUT2D eigenvalue weighted by Gasteiger charge is -2.10. The molecule has 1 aliphatic carbocycles. The molecule has 0 aliphatic heterocycles. The number of nitrogens with zero attached hydrogens (tertiary/aromatic N) is 3. The molecular formula is C12H12N4O2. The van der Waals surface area contributed by atoms with Crippen LogP contribution in [0.15, 0.2) is 24.3 Å². The molecule has 0 amide bonds. The summed E-state index contributed by atoms with van der Waals surface area (Å²) in [5.41, 5.74) is 0.840. The average molecular weight is 244 g/mol. The molecule has 1 aromatic carbocycles. The molecule has 3 rings (SSSR count). The second-order valence-electron chi connectivity index (χ2n) is 4.56. The Hall–Kier alpha value is -2.24. The number of aromatic nitrogens is 3. The Morgan fingerprint density at radius 2 is 2.00 bits per heavy atom. The predicted octanol–water partition coefficient (Wildman–Crippen LogP) is 1.30. The van der Waals surface area contributed by atoms with E-state index >= 15 is 0 Å². The number of hydrogen-bond donors (Lipinski definition) is 2. The molecular weight excluding hydrogens is 232 g/mol. The summed E-state index contributed by atoms with van der Waals surface area (Å²) in [5.74, 6) is -0.384. The molecule has 6 nitrogen and oxygen atoms in total. The fourth-order valence-corrected chi connectivity index (χ4v) is 1.82. The first kappa shape index (κ1) is 10.9. The third kappa shape index (κ3) is 1.85. The van der Waals surface area contributed by atoms with E-state index in [2.05, 4.69) is 20.5 Å². The minimum absolute atomic E-state index is 0.350. The molecule has 0 spiro atoms. The van der Waals surface area contributed by atoms with Crippen molar-refractivity contribution in [2.24, 2.45) is 5.41 Å². The number of anilines is 1. The molecule has 2 aromatic rings. The summed E-state index contributed by atoms with van der Waals surface area (Å²) in [6.45, 7) is 0.350. The maximum Gasteiger partial charge on any atom is 0.311 e. The molecule has 1 aliphatic rings. The van der Waals surface area contributed by atoms with E-state index in [4.69, 9.17) is 5.11 Å². The van der Waals surface area contributed by atoms with Gasteiger partial charge in [0.25, 0.3) is 0 Å². The van der Waals surface area contributed by atoms with Crippen molar-refractivity contribution in [3.63, 3.8) is 0 Å². The number of para-hydroxylation sites is 1. The molecule has 1 heterocycles. The van der Waals surface area contributed by atoms with Crippen LogP contribution in [0.4, 0.5) is 5.95 Å². The van der Waals surface area contributed by atoms with Crippen molar-refractivity contribution in [3.8, 4) is 0 Å². The van der Waals surface area contributed by atoms with Gasteiger partial charge >= 0.3 is 5.97 Å². The monoisotopic (exact) mass is 244 g/mol. The minimum Gasteiger partial charge on any atom is -0.481 e. The molecule has 6 heteroatoms. The summed E-state index contributed by atoms with van der Waals surface area (Å²) in [7, 11) is 0. The van der Waals surface area contributed by atoms with Crippen molar-refractivity contribution in [1.82, 2.24) is 15.2 Å². The molecule has 0 bridgehead atoms. The Balaban J connectivity index is 1.77. The van der Waals surface area contributed by atoms with Crippen LogP contribution in [-0.2, 0) is 4.79 Å². The topological polar surface area (TPSA) is 88.0 Å². The van der Waals surface area contributed by atoms with Crippen molar-refractivity contribution in [3.05, 3.63) is 24.3 Å². The van der Waals surface area contributed by atoms with Crippen LogP contribution >= 0.6 is 0 Å². The maximum absolute atomic E-state index is 11.0. The average Bonchev–Trinajstić information content (AvgIpc) is 3.17. The van der Waals surface area contributed by atoms with Gasteiger partial charge in [0.05, 0.1) is 10.9 Å². The van der Waals surface area contributed by atoms with Crippen LogP contribution in [-0.4, -0.2) is 32.8 Å². The highest BCUT2D eigenvalue weighted by molar-refractivity contribution is 5.78. The lowest BCUT2D eigenvalue weighted by Crippen LogP contribution is -2.25. The fraction of sp³-hybridized carbons (Fsp3) is 0.333. The van der Waals surface area contributed by atoms with E-state index in [9.17, 15) is 4.79 Å². The van der Waals surface area contributed by atoms with Gasteiger partial charge in [-0.1, -0.05) is 12.1 Å². The zero-order valence-electron chi connectivity index (χ0n) is 9.63. The zero-order valence-corrected chi connectivity index (χ0v) is 9.63. The largest absolute Gasteiger partial charge is 0.481 e. The fourth-order valence-electron chi connectivity index (χ4n) is 1.82. The quantitative estimate of drug-likeness (QED) is 0.842. The number of carbonyl (C=O) groups is 1. The first-order chi connectivity index (χ1) is 8.70. The summed E-state index contributed by atoms with van der Waals surface area (Å²) in [4.78, 5) is 15.3. The Bertz CT molecular complexity index is 610. The van der Waals surface area contributed by atoms with Gasteiger partial charge in [0, 0.05) is 6.54 Å². The number of hydrogen-bond acceptors (Lipinski definition) is 5. The van der Waals surface area contributed by atoms with Crippen molar-refractivity contribution in [2.75, 3.05) is 11.9 Å². The number of fused-ring (bicyclic) bond motifs is 1. The molecule has 0 radical (unpaired) electrons. The van der Waals surface area contributed by atoms with Gasteiger partial charge in [-0.25, -0.2) is 4.98 Å². The number of rotatable bonds is 4. The van der Waals surface area contributed by atoms with Gasteiger partial charge in [-0.2, -0.15) is 0 Å². The molecule has 0 saturated heterocycles. The van der Waals surface area contributed by atoms with E-state index in [-0.39, 0.29) is 0 Å². The van der Waals surface area contributed by atoms with Gasteiger partial charge in [0.15, 0.2) is 0 Å². The van der Waals surface area contributed by atoms with E-state index in [0.29, 0.717) is 25.3 Å². The van der Waals surface area contributed by atoms with Crippen LogP contribution in [0.5, 0.6) is 0 Å². The molecule has 92 valence electrons. The van der Waals surface area contributed by atoms with Crippen LogP contribution in [0.1, 0.15) is 12.8 Å². The van der Waals surface area contributed by atoms with Crippen molar-refractivity contribution in [1.29, 1.82) is 0 Å². The molecule has 0 unspecified atom stereocenters. The van der Waals surface area contributed by atoms with Gasteiger partial charge in [-0.3, -0.25) is 4.79 Å². The van der Waals surface area contributed by atoms with Crippen LogP contribution < -0.4 is 5.32 Å². The molecule has 0 atom stereocenters. The minimum atomic E-state index is -0.760. The third-order valence-electron chi connectivity index (χ3n) is 3.25. The number of carboxylic acids is 1. The summed E-state index contributed by atoms with van der Waals surface area (Å²) >= 11 is 0. The summed E-state index contributed by atoms with van der Waals surface area (Å²) in [6.07, 6.45) is 1.41. The van der Waals surface area contributed by atoms with Gasteiger partial charge in [-0.05, 0) is 25.0 Å². The van der Waals surface area contributed by atoms with E-state index < -0.39 is 11.4 Å². The summed E-state index contributed by atoms with van der Waals surface area (Å²) < 4.78 is 0. The number of aliphatic carboxylic acids is 1. The summed E-state index contributed by atoms with van der Waals surface area (Å²) in [6, 6.07) is 7.42. The lowest BCUT2D eigenvalue weighted by molar-refractivity contribution is -0.142. The number of carboxylic acid groups (broad SMARTS) is 1. The Morgan fingerprint density at radius 1 is 1.28 bits per heavy atom. The lowest BCUT2D eigenvalue weighted by atomic mass is 10.1. The van der Waals surface area contributed by atoms with E-state index in [1.165, 1.54) is 0 Å². The van der Waals surface area contributed by atoms with Gasteiger partial charge in [0.2, 0.25) is 5.95 Å². The van der Waals surface area contributed by atoms with E-state index in [0.717, 1.165) is 11.0 Å². The molecule has 1 aromatic heterocycles. The van der Waals surface area contributed by atoms with Gasteiger partial charge in [0.1, 0.15) is 5.52 Å². The van der Waals surface area contributed by atoms with Crippen molar-refractivity contribution >= 4 is 23.0 Å². The smallest absolute Gasteiger partial charge is 0.311 e. The van der Waals surface area contributed by atoms with E-state index in [1.807, 2.05) is 24.3 Å².